The van der Waals surface area contributed by atoms with Gasteiger partial charge in [-0.05, 0) is 67.1 Å². The zero-order valence-electron chi connectivity index (χ0n) is 20.7. The van der Waals surface area contributed by atoms with Gasteiger partial charge in [0.25, 0.3) is 5.91 Å². The smallest absolute Gasteiger partial charge is 0.260 e. The number of rotatable bonds is 7. The van der Waals surface area contributed by atoms with E-state index >= 15 is 0 Å². The highest BCUT2D eigenvalue weighted by Crippen LogP contribution is 2.33. The maximum absolute atomic E-state index is 13.8. The zero-order chi connectivity index (χ0) is 25.8. The standard InChI is InChI=1S/C28H29N3O3S3/c1-35-23-13-16-25-26(19-23)36-28(29-25)31(20-21-9-5-4-6-10-21)27(32)22-11-14-24(15-12-22)37(33,34)30-17-7-2-3-8-18-30/h4-6,9-16,19H,2-3,7-8,17-18,20H2,1H3. The van der Waals surface area contributed by atoms with Crippen molar-refractivity contribution in [2.24, 2.45) is 0 Å². The van der Waals surface area contributed by atoms with Gasteiger partial charge in [0.1, 0.15) is 0 Å². The highest BCUT2D eigenvalue weighted by atomic mass is 32.2. The molecule has 0 bridgehead atoms. The molecule has 5 rings (SSSR count). The fraction of sp³-hybridized carbons (Fsp3) is 0.286. The van der Waals surface area contributed by atoms with Crippen LogP contribution >= 0.6 is 23.1 Å². The van der Waals surface area contributed by atoms with Crippen LogP contribution in [0.2, 0.25) is 0 Å². The number of sulfonamides is 1. The Morgan fingerprint density at radius 2 is 1.68 bits per heavy atom. The summed E-state index contributed by atoms with van der Waals surface area (Å²) >= 11 is 3.15. The minimum Gasteiger partial charge on any atom is -0.279 e. The van der Waals surface area contributed by atoms with Crippen LogP contribution in [0.4, 0.5) is 5.13 Å². The summed E-state index contributed by atoms with van der Waals surface area (Å²) in [7, 11) is -3.58. The maximum Gasteiger partial charge on any atom is 0.260 e. The number of nitrogens with zero attached hydrogens (tertiary/aromatic N) is 3. The minimum atomic E-state index is -3.58. The number of fused-ring (bicyclic) bond motifs is 1. The van der Waals surface area contributed by atoms with Gasteiger partial charge in [0.05, 0.1) is 21.7 Å². The average molecular weight is 552 g/mol. The van der Waals surface area contributed by atoms with E-state index in [1.807, 2.05) is 48.7 Å². The van der Waals surface area contributed by atoms with E-state index < -0.39 is 10.0 Å². The number of hydrogen-bond donors (Lipinski definition) is 0. The van der Waals surface area contributed by atoms with Crippen molar-refractivity contribution >= 4 is 54.4 Å². The van der Waals surface area contributed by atoms with Crippen molar-refractivity contribution in [1.82, 2.24) is 9.29 Å². The second-order valence-corrected chi connectivity index (χ2v) is 12.9. The second kappa shape index (κ2) is 11.3. The first-order valence-corrected chi connectivity index (χ1v) is 15.8. The fourth-order valence-electron chi connectivity index (χ4n) is 4.48. The van der Waals surface area contributed by atoms with Crippen LogP contribution in [0.1, 0.15) is 41.6 Å². The topological polar surface area (TPSA) is 70.6 Å². The van der Waals surface area contributed by atoms with Gasteiger partial charge in [-0.3, -0.25) is 9.69 Å². The molecule has 6 nitrogen and oxygen atoms in total. The van der Waals surface area contributed by atoms with E-state index in [0.717, 1.165) is 46.4 Å². The number of carbonyl (C=O) groups excluding carboxylic acids is 1. The van der Waals surface area contributed by atoms with Gasteiger partial charge >= 0.3 is 0 Å². The molecule has 0 N–H and O–H groups in total. The molecular weight excluding hydrogens is 523 g/mol. The molecule has 1 aliphatic rings. The summed E-state index contributed by atoms with van der Waals surface area (Å²) in [4.78, 5) is 21.6. The lowest BCUT2D eigenvalue weighted by Gasteiger charge is -2.21. The molecule has 37 heavy (non-hydrogen) atoms. The number of aromatic nitrogens is 1. The minimum absolute atomic E-state index is 0.216. The van der Waals surface area contributed by atoms with Gasteiger partial charge in [0.2, 0.25) is 10.0 Å². The molecule has 3 aromatic carbocycles. The number of amides is 1. The normalized spacial score (nSPS) is 14.9. The molecule has 1 amide bonds. The van der Waals surface area contributed by atoms with Crippen molar-refractivity contribution in [3.05, 3.63) is 83.9 Å². The molecule has 1 aromatic heterocycles. The molecule has 0 aliphatic carbocycles. The highest BCUT2D eigenvalue weighted by Gasteiger charge is 2.27. The van der Waals surface area contributed by atoms with Crippen LogP contribution in [-0.2, 0) is 16.6 Å². The Kier molecular flexibility index (Phi) is 7.95. The van der Waals surface area contributed by atoms with Crippen LogP contribution < -0.4 is 4.90 Å². The average Bonchev–Trinajstić information content (AvgIpc) is 3.14. The summed E-state index contributed by atoms with van der Waals surface area (Å²) < 4.78 is 29.0. The molecule has 0 saturated carbocycles. The van der Waals surface area contributed by atoms with Gasteiger partial charge in [-0.25, -0.2) is 13.4 Å². The highest BCUT2D eigenvalue weighted by molar-refractivity contribution is 7.98. The quantitative estimate of drug-likeness (QED) is 0.248. The SMILES string of the molecule is CSc1ccc2nc(N(Cc3ccccc3)C(=O)c3ccc(S(=O)(=O)N4CCCCCC4)cc3)sc2c1. The van der Waals surface area contributed by atoms with Crippen LogP contribution in [0, 0.1) is 0 Å². The van der Waals surface area contributed by atoms with E-state index in [0.29, 0.717) is 30.3 Å². The molecule has 2 heterocycles. The first-order valence-electron chi connectivity index (χ1n) is 12.4. The van der Waals surface area contributed by atoms with E-state index in [1.54, 1.807) is 45.2 Å². The Morgan fingerprint density at radius 3 is 2.35 bits per heavy atom. The van der Waals surface area contributed by atoms with E-state index in [4.69, 9.17) is 4.98 Å². The molecule has 4 aromatic rings. The van der Waals surface area contributed by atoms with Gasteiger partial charge in [-0.1, -0.05) is 54.5 Å². The van der Waals surface area contributed by atoms with Crippen molar-refractivity contribution in [2.45, 2.75) is 42.0 Å². The molecule has 1 aliphatic heterocycles. The Morgan fingerprint density at radius 1 is 0.973 bits per heavy atom. The number of thiazole rings is 1. The van der Waals surface area contributed by atoms with Crippen LogP contribution in [0.25, 0.3) is 10.2 Å². The first-order chi connectivity index (χ1) is 18.0. The molecule has 0 radical (unpaired) electrons. The van der Waals surface area contributed by atoms with Gasteiger partial charge < -0.3 is 0 Å². The predicted molar refractivity (Wildman–Crippen MR) is 152 cm³/mol. The fourth-order valence-corrected chi connectivity index (χ4v) is 7.52. The largest absolute Gasteiger partial charge is 0.279 e. The third-order valence-electron chi connectivity index (χ3n) is 6.55. The first kappa shape index (κ1) is 25.9. The van der Waals surface area contributed by atoms with Crippen molar-refractivity contribution in [3.63, 3.8) is 0 Å². The van der Waals surface area contributed by atoms with Crippen molar-refractivity contribution in [2.75, 3.05) is 24.2 Å². The lowest BCUT2D eigenvalue weighted by Crippen LogP contribution is -2.32. The molecule has 1 fully saturated rings. The number of carbonyl (C=O) groups is 1. The summed E-state index contributed by atoms with van der Waals surface area (Å²) in [5, 5.41) is 0.614. The number of hydrogen-bond acceptors (Lipinski definition) is 6. The van der Waals surface area contributed by atoms with E-state index in [9.17, 15) is 13.2 Å². The third-order valence-corrected chi connectivity index (χ3v) is 10.2. The summed E-state index contributed by atoms with van der Waals surface area (Å²) in [5.41, 5.74) is 2.26. The van der Waals surface area contributed by atoms with Gasteiger partial charge in [-0.15, -0.1) is 11.8 Å². The van der Waals surface area contributed by atoms with Crippen molar-refractivity contribution in [3.8, 4) is 0 Å². The Bertz CT molecular complexity index is 1480. The number of thioether (sulfide) groups is 1. The molecule has 1 saturated heterocycles. The lowest BCUT2D eigenvalue weighted by atomic mass is 10.1. The summed E-state index contributed by atoms with van der Waals surface area (Å²) in [6, 6.07) is 22.2. The molecule has 0 spiro atoms. The second-order valence-electron chi connectivity index (χ2n) is 9.05. The van der Waals surface area contributed by atoms with Crippen LogP contribution in [0.5, 0.6) is 0 Å². The predicted octanol–water partition coefficient (Wildman–Crippen LogP) is 6.43. The number of anilines is 1. The number of benzene rings is 3. The van der Waals surface area contributed by atoms with E-state index in [1.165, 1.54) is 11.3 Å². The Balaban J connectivity index is 1.46. The molecule has 192 valence electrons. The summed E-state index contributed by atoms with van der Waals surface area (Å²) in [6.07, 6.45) is 5.91. The van der Waals surface area contributed by atoms with Crippen LogP contribution in [-0.4, -0.2) is 43.0 Å². The molecule has 9 heteroatoms. The maximum atomic E-state index is 13.8. The van der Waals surface area contributed by atoms with Crippen LogP contribution in [0.15, 0.2) is 82.6 Å². The molecule has 0 atom stereocenters. The van der Waals surface area contributed by atoms with Crippen molar-refractivity contribution < 1.29 is 13.2 Å². The monoisotopic (exact) mass is 551 g/mol. The third kappa shape index (κ3) is 5.75. The molecular formula is C28H29N3O3S3. The zero-order valence-corrected chi connectivity index (χ0v) is 23.1. The van der Waals surface area contributed by atoms with Crippen molar-refractivity contribution in [1.29, 1.82) is 0 Å². The Hall–Kier alpha value is -2.72. The van der Waals surface area contributed by atoms with Gasteiger partial charge in [-0.2, -0.15) is 4.31 Å². The Labute approximate surface area is 226 Å². The summed E-state index contributed by atoms with van der Waals surface area (Å²) in [5.74, 6) is -0.216. The van der Waals surface area contributed by atoms with E-state index in [2.05, 4.69) is 6.07 Å². The molecule has 0 unspecified atom stereocenters. The van der Waals surface area contributed by atoms with Gasteiger partial charge in [0.15, 0.2) is 5.13 Å². The lowest BCUT2D eigenvalue weighted by molar-refractivity contribution is 0.0985. The van der Waals surface area contributed by atoms with Crippen LogP contribution in [0.3, 0.4) is 0 Å². The van der Waals surface area contributed by atoms with Gasteiger partial charge in [0, 0.05) is 23.5 Å². The van der Waals surface area contributed by atoms with E-state index in [-0.39, 0.29) is 10.8 Å². The summed E-state index contributed by atoms with van der Waals surface area (Å²) in [6.45, 7) is 1.45.